The molecule has 2 unspecified atom stereocenters. The molecule has 8 heteroatoms. The molecule has 0 aromatic heterocycles. The van der Waals surface area contributed by atoms with Crippen molar-refractivity contribution in [1.29, 1.82) is 0 Å². The number of fused-ring (bicyclic) bond motifs is 3. The lowest BCUT2D eigenvalue weighted by Gasteiger charge is -2.48. The summed E-state index contributed by atoms with van der Waals surface area (Å²) in [5, 5.41) is 11.8. The molecular formula is C20H25N3O5. The number of para-hydroxylation sites is 1. The van der Waals surface area contributed by atoms with Crippen molar-refractivity contribution in [2.75, 3.05) is 11.4 Å². The van der Waals surface area contributed by atoms with Gasteiger partial charge < -0.3 is 15.3 Å². The Morgan fingerprint density at radius 2 is 2.00 bits per heavy atom. The van der Waals surface area contributed by atoms with Gasteiger partial charge in [-0.2, -0.15) is 0 Å². The molecule has 2 N–H and O–H groups in total. The molecule has 1 aromatic rings. The van der Waals surface area contributed by atoms with Gasteiger partial charge in [-0.1, -0.05) is 31.9 Å². The Hall–Kier alpha value is -2.90. The number of carboxylic acid groups (broad SMARTS) is 1. The van der Waals surface area contributed by atoms with Crippen LogP contribution >= 0.6 is 0 Å². The number of nitrogens with zero attached hydrogens (tertiary/aromatic N) is 2. The van der Waals surface area contributed by atoms with Gasteiger partial charge in [0, 0.05) is 6.42 Å². The number of rotatable bonds is 7. The first-order chi connectivity index (χ1) is 13.3. The number of unbranched alkanes of at least 4 members (excludes halogenated alkanes) is 1. The molecule has 3 rings (SSSR count). The SMILES string of the molecule is CCCCC(NC(=O)CN1C(=O)c2ccccc2N2C(=O)CCC12C)C(=O)O. The van der Waals surface area contributed by atoms with Crippen LogP contribution in [0.25, 0.3) is 0 Å². The summed E-state index contributed by atoms with van der Waals surface area (Å²) < 4.78 is 0. The molecule has 2 heterocycles. The van der Waals surface area contributed by atoms with Crippen molar-refractivity contribution in [3.63, 3.8) is 0 Å². The summed E-state index contributed by atoms with van der Waals surface area (Å²) in [5.41, 5.74) is -0.0218. The first-order valence-corrected chi connectivity index (χ1v) is 9.56. The molecule has 0 radical (unpaired) electrons. The Morgan fingerprint density at radius 1 is 1.29 bits per heavy atom. The van der Waals surface area contributed by atoms with Gasteiger partial charge in [-0.15, -0.1) is 0 Å². The fourth-order valence-corrected chi connectivity index (χ4v) is 3.99. The lowest BCUT2D eigenvalue weighted by molar-refractivity contribution is -0.142. The minimum absolute atomic E-state index is 0.0979. The van der Waals surface area contributed by atoms with Crippen LogP contribution < -0.4 is 10.2 Å². The van der Waals surface area contributed by atoms with E-state index in [1.54, 1.807) is 36.1 Å². The van der Waals surface area contributed by atoms with E-state index in [1.807, 2.05) is 6.92 Å². The third-order valence-electron chi connectivity index (χ3n) is 5.53. The molecule has 8 nitrogen and oxygen atoms in total. The van der Waals surface area contributed by atoms with Crippen molar-refractivity contribution in [3.05, 3.63) is 29.8 Å². The number of aliphatic carboxylic acids is 1. The third-order valence-corrected chi connectivity index (χ3v) is 5.53. The van der Waals surface area contributed by atoms with Gasteiger partial charge >= 0.3 is 5.97 Å². The van der Waals surface area contributed by atoms with Gasteiger partial charge in [0.2, 0.25) is 11.8 Å². The molecule has 1 saturated heterocycles. The van der Waals surface area contributed by atoms with Gasteiger partial charge in [0.05, 0.1) is 11.3 Å². The third kappa shape index (κ3) is 3.34. The van der Waals surface area contributed by atoms with E-state index in [1.165, 1.54) is 4.90 Å². The molecule has 0 bridgehead atoms. The molecule has 1 aromatic carbocycles. The highest BCUT2D eigenvalue weighted by Crippen LogP contribution is 2.43. The normalized spacial score (nSPS) is 21.9. The van der Waals surface area contributed by atoms with Crippen molar-refractivity contribution in [2.45, 2.75) is 57.7 Å². The van der Waals surface area contributed by atoms with Gasteiger partial charge in [-0.3, -0.25) is 19.3 Å². The predicted molar refractivity (Wildman–Crippen MR) is 102 cm³/mol. The minimum Gasteiger partial charge on any atom is -0.480 e. The smallest absolute Gasteiger partial charge is 0.326 e. The summed E-state index contributed by atoms with van der Waals surface area (Å²) >= 11 is 0. The first kappa shape index (κ1) is 19.9. The summed E-state index contributed by atoms with van der Waals surface area (Å²) in [6.45, 7) is 3.41. The number of nitrogens with one attached hydrogen (secondary N) is 1. The number of amides is 3. The van der Waals surface area contributed by atoms with Crippen molar-refractivity contribution < 1.29 is 24.3 Å². The molecule has 2 aliphatic heterocycles. The fraction of sp³-hybridized carbons (Fsp3) is 0.500. The lowest BCUT2D eigenvalue weighted by atomic mass is 9.98. The van der Waals surface area contributed by atoms with E-state index in [0.717, 1.165) is 6.42 Å². The van der Waals surface area contributed by atoms with Crippen LogP contribution in [-0.4, -0.2) is 51.9 Å². The van der Waals surface area contributed by atoms with Gasteiger partial charge in [-0.25, -0.2) is 4.79 Å². The molecule has 0 aliphatic carbocycles. The maximum absolute atomic E-state index is 13.1. The Labute approximate surface area is 163 Å². The molecule has 28 heavy (non-hydrogen) atoms. The van der Waals surface area contributed by atoms with E-state index in [9.17, 15) is 24.3 Å². The number of hydrogen-bond acceptors (Lipinski definition) is 4. The molecule has 0 spiro atoms. The monoisotopic (exact) mass is 387 g/mol. The van der Waals surface area contributed by atoms with Crippen LogP contribution in [0.15, 0.2) is 24.3 Å². The molecule has 2 atom stereocenters. The standard InChI is InChI=1S/C20H25N3O5/c1-3-4-8-14(19(27)28)21-16(24)12-22-18(26)13-7-5-6-9-15(13)23-17(25)10-11-20(22,23)2/h5-7,9,14H,3-4,8,10-12H2,1-2H3,(H,21,24)(H,27,28). The second kappa shape index (κ2) is 7.61. The van der Waals surface area contributed by atoms with Crippen LogP contribution in [-0.2, 0) is 14.4 Å². The molecular weight excluding hydrogens is 362 g/mol. The summed E-state index contributed by atoms with van der Waals surface area (Å²) in [7, 11) is 0. The van der Waals surface area contributed by atoms with Crippen molar-refractivity contribution in [2.24, 2.45) is 0 Å². The van der Waals surface area contributed by atoms with Crippen molar-refractivity contribution in [3.8, 4) is 0 Å². The van der Waals surface area contributed by atoms with Gasteiger partial charge in [0.1, 0.15) is 18.2 Å². The molecule has 150 valence electrons. The van der Waals surface area contributed by atoms with Crippen LogP contribution in [0.3, 0.4) is 0 Å². The number of hydrogen-bond donors (Lipinski definition) is 2. The highest BCUT2D eigenvalue weighted by molar-refractivity contribution is 6.11. The summed E-state index contributed by atoms with van der Waals surface area (Å²) in [4.78, 5) is 52.6. The molecule has 2 aliphatic rings. The van der Waals surface area contributed by atoms with Crippen LogP contribution in [0, 0.1) is 0 Å². The van der Waals surface area contributed by atoms with Crippen molar-refractivity contribution in [1.82, 2.24) is 10.2 Å². The average molecular weight is 387 g/mol. The van der Waals surface area contributed by atoms with Gasteiger partial charge in [0.15, 0.2) is 0 Å². The fourth-order valence-electron chi connectivity index (χ4n) is 3.99. The van der Waals surface area contributed by atoms with Crippen LogP contribution in [0.2, 0.25) is 0 Å². The van der Waals surface area contributed by atoms with E-state index in [0.29, 0.717) is 30.5 Å². The van der Waals surface area contributed by atoms with E-state index in [-0.39, 0.29) is 24.8 Å². The Bertz CT molecular complexity index is 824. The zero-order valence-electron chi connectivity index (χ0n) is 16.1. The van der Waals surface area contributed by atoms with E-state index in [2.05, 4.69) is 5.32 Å². The Balaban J connectivity index is 1.85. The summed E-state index contributed by atoms with van der Waals surface area (Å²) in [6.07, 6.45) is 2.52. The van der Waals surface area contributed by atoms with E-state index in [4.69, 9.17) is 0 Å². The maximum Gasteiger partial charge on any atom is 0.326 e. The second-order valence-electron chi connectivity index (χ2n) is 7.46. The number of carboxylic acids is 1. The summed E-state index contributed by atoms with van der Waals surface area (Å²) in [6, 6.07) is 5.86. The van der Waals surface area contributed by atoms with Crippen LogP contribution in [0.4, 0.5) is 5.69 Å². The lowest BCUT2D eigenvalue weighted by Crippen LogP contribution is -2.64. The predicted octanol–water partition coefficient (Wildman–Crippen LogP) is 1.74. The Morgan fingerprint density at radius 3 is 2.68 bits per heavy atom. The molecule has 0 saturated carbocycles. The molecule has 1 fully saturated rings. The number of carbonyl (C=O) groups excluding carboxylic acids is 3. The number of benzene rings is 1. The summed E-state index contributed by atoms with van der Waals surface area (Å²) in [5.74, 6) is -2.07. The minimum atomic E-state index is -1.10. The number of carbonyl (C=O) groups is 4. The molecule has 3 amide bonds. The second-order valence-corrected chi connectivity index (χ2v) is 7.46. The number of anilines is 1. The zero-order chi connectivity index (χ0) is 20.5. The maximum atomic E-state index is 13.1. The van der Waals surface area contributed by atoms with Crippen molar-refractivity contribution >= 4 is 29.4 Å². The first-order valence-electron chi connectivity index (χ1n) is 9.56. The highest BCUT2D eigenvalue weighted by atomic mass is 16.4. The quantitative estimate of drug-likeness (QED) is 0.741. The van der Waals surface area contributed by atoms with E-state index >= 15 is 0 Å². The topological polar surface area (TPSA) is 107 Å². The van der Waals surface area contributed by atoms with Crippen LogP contribution in [0.5, 0.6) is 0 Å². The highest BCUT2D eigenvalue weighted by Gasteiger charge is 2.53. The van der Waals surface area contributed by atoms with Crippen LogP contribution in [0.1, 0.15) is 56.3 Å². The van der Waals surface area contributed by atoms with Gasteiger partial charge in [0.25, 0.3) is 5.91 Å². The Kier molecular flexibility index (Phi) is 5.40. The largest absolute Gasteiger partial charge is 0.480 e. The zero-order valence-corrected chi connectivity index (χ0v) is 16.1. The average Bonchev–Trinajstić information content (AvgIpc) is 2.97. The van der Waals surface area contributed by atoms with Gasteiger partial charge in [-0.05, 0) is 31.9 Å². The van der Waals surface area contributed by atoms with E-state index < -0.39 is 23.6 Å².